The Morgan fingerprint density at radius 1 is 0.344 bits per heavy atom. The van der Waals surface area contributed by atoms with Crippen LogP contribution in [0.2, 0.25) is 0 Å². The summed E-state index contributed by atoms with van der Waals surface area (Å²) in [6, 6.07) is 68.5. The van der Waals surface area contributed by atoms with Gasteiger partial charge in [-0.15, -0.1) is 0 Å². The van der Waals surface area contributed by atoms with Crippen molar-refractivity contribution in [1.29, 1.82) is 0 Å². The Labute approximate surface area is 361 Å². The van der Waals surface area contributed by atoms with Crippen LogP contribution in [0.15, 0.2) is 182 Å². The maximum atomic E-state index is 2.57. The van der Waals surface area contributed by atoms with Crippen LogP contribution in [0.4, 0.5) is 0 Å². The fraction of sp³-hybridized carbons (Fsp3) is 0.148. The largest absolute Gasteiger partial charge is 0.0683 e. The molecule has 0 aliphatic heterocycles. The molecular formula is C61H52. The molecule has 12 rings (SSSR count). The second-order valence-corrected chi connectivity index (χ2v) is 16.7. The highest BCUT2D eigenvalue weighted by atomic mass is 14.4. The zero-order valence-corrected chi connectivity index (χ0v) is 36.4. The zero-order valence-electron chi connectivity index (χ0n) is 36.4. The van der Waals surface area contributed by atoms with Crippen molar-refractivity contribution in [3.05, 3.63) is 204 Å². The lowest BCUT2D eigenvalue weighted by Gasteiger charge is -2.25. The second kappa shape index (κ2) is 15.1. The number of rotatable bonds is 3. The Hall–Kier alpha value is -6.76. The van der Waals surface area contributed by atoms with Gasteiger partial charge in [-0.05, 0) is 127 Å². The molecule has 1 unspecified atom stereocenters. The molecule has 61 heavy (non-hydrogen) atoms. The summed E-state index contributed by atoms with van der Waals surface area (Å²) in [4.78, 5) is 0. The maximum Gasteiger partial charge on any atom is 0.0159 e. The van der Waals surface area contributed by atoms with Crippen LogP contribution in [-0.4, -0.2) is 0 Å². The van der Waals surface area contributed by atoms with Crippen LogP contribution in [0, 0.1) is 0 Å². The average molecular weight is 785 g/mol. The highest BCUT2D eigenvalue weighted by Crippen LogP contribution is 2.59. The van der Waals surface area contributed by atoms with Gasteiger partial charge in [0.1, 0.15) is 0 Å². The minimum atomic E-state index is -0.154. The molecule has 0 nitrogen and oxygen atoms in total. The second-order valence-electron chi connectivity index (χ2n) is 16.7. The third kappa shape index (κ3) is 5.65. The first kappa shape index (κ1) is 38.4. The first-order valence-corrected chi connectivity index (χ1v) is 22.3. The van der Waals surface area contributed by atoms with E-state index in [1.165, 1.54) is 121 Å². The fourth-order valence-electron chi connectivity index (χ4n) is 10.8. The molecule has 296 valence electrons. The summed E-state index contributed by atoms with van der Waals surface area (Å²) in [7, 11) is 0. The molecule has 0 saturated carbocycles. The Balaban J connectivity index is 0.00000108. The molecule has 0 heterocycles. The molecule has 0 spiro atoms. The number of hydrogen-bond donors (Lipinski definition) is 0. The summed E-state index contributed by atoms with van der Waals surface area (Å²) in [5.41, 5.74) is 18.8. The summed E-state index contributed by atoms with van der Waals surface area (Å²) >= 11 is 0. The normalized spacial score (nSPS) is 14.1. The average Bonchev–Trinajstić information content (AvgIpc) is 3.75. The minimum Gasteiger partial charge on any atom is -0.0683 e. The van der Waals surface area contributed by atoms with Crippen molar-refractivity contribution >= 4 is 43.1 Å². The van der Waals surface area contributed by atoms with Gasteiger partial charge < -0.3 is 0 Å². The molecule has 0 radical (unpaired) electrons. The Morgan fingerprint density at radius 2 is 0.869 bits per heavy atom. The third-order valence-corrected chi connectivity index (χ3v) is 13.5. The van der Waals surface area contributed by atoms with Gasteiger partial charge in [0.2, 0.25) is 0 Å². The molecule has 0 amide bonds. The van der Waals surface area contributed by atoms with Gasteiger partial charge >= 0.3 is 0 Å². The summed E-state index contributed by atoms with van der Waals surface area (Å²) in [5.74, 6) is 0.345. The lowest BCUT2D eigenvalue weighted by atomic mass is 9.78. The lowest BCUT2D eigenvalue weighted by Crippen LogP contribution is -2.15. The van der Waals surface area contributed by atoms with Gasteiger partial charge in [-0.2, -0.15) is 0 Å². The summed E-state index contributed by atoms with van der Waals surface area (Å²) < 4.78 is 0. The molecule has 0 saturated heterocycles. The van der Waals surface area contributed by atoms with Crippen molar-refractivity contribution in [3.63, 3.8) is 0 Å². The van der Waals surface area contributed by atoms with Gasteiger partial charge in [-0.25, -0.2) is 0 Å². The quantitative estimate of drug-likeness (QED) is 0.157. The van der Waals surface area contributed by atoms with Crippen molar-refractivity contribution in [1.82, 2.24) is 0 Å². The van der Waals surface area contributed by atoms with Crippen LogP contribution in [-0.2, 0) is 5.41 Å². The van der Waals surface area contributed by atoms with Crippen LogP contribution in [0.3, 0.4) is 0 Å². The molecule has 10 aromatic carbocycles. The zero-order chi connectivity index (χ0) is 42.0. The lowest BCUT2D eigenvalue weighted by molar-refractivity contribution is 0.661. The van der Waals surface area contributed by atoms with E-state index in [0.717, 1.165) is 0 Å². The molecule has 0 aromatic heterocycles. The van der Waals surface area contributed by atoms with E-state index < -0.39 is 0 Å². The van der Waals surface area contributed by atoms with Crippen molar-refractivity contribution < 1.29 is 0 Å². The van der Waals surface area contributed by atoms with E-state index in [-0.39, 0.29) is 5.41 Å². The predicted molar refractivity (Wildman–Crippen MR) is 266 cm³/mol. The molecule has 1 atom stereocenters. The van der Waals surface area contributed by atoms with Crippen molar-refractivity contribution in [3.8, 4) is 55.6 Å². The van der Waals surface area contributed by atoms with E-state index in [2.05, 4.69) is 203 Å². The van der Waals surface area contributed by atoms with Gasteiger partial charge in [-0.3, -0.25) is 0 Å². The Morgan fingerprint density at radius 3 is 1.56 bits per heavy atom. The standard InChI is InChI=1S/C57H40.2C2H6/c1-34-38-17-6-7-19-42(38)54-39(34)31-32-47-49(33-51-55(56(47)54)48-24-12-13-26-50(48)57(51,2)3)53-45-22-10-8-20-43(45)52(44-21-9-11-23-46(44)53)37-29-27-36(28-30-37)41-25-14-16-35-15-4-5-18-40(35)41;2*1-2/h4-34H,1-3H3;2*1-2H3. The molecule has 2 aliphatic carbocycles. The number of fused-ring (bicyclic) bond motifs is 12. The fourth-order valence-corrected chi connectivity index (χ4v) is 10.8. The Kier molecular flexibility index (Phi) is 9.49. The van der Waals surface area contributed by atoms with Crippen LogP contribution in [0.5, 0.6) is 0 Å². The van der Waals surface area contributed by atoms with Crippen LogP contribution in [0.1, 0.15) is 76.6 Å². The van der Waals surface area contributed by atoms with E-state index >= 15 is 0 Å². The number of hydrogen-bond acceptors (Lipinski definition) is 0. The smallest absolute Gasteiger partial charge is 0.0159 e. The first-order valence-electron chi connectivity index (χ1n) is 22.3. The molecule has 0 heteroatoms. The van der Waals surface area contributed by atoms with Crippen LogP contribution in [0.25, 0.3) is 98.7 Å². The Bertz CT molecular complexity index is 3260. The maximum absolute atomic E-state index is 2.57. The summed E-state index contributed by atoms with van der Waals surface area (Å²) in [5, 5.41) is 10.4. The van der Waals surface area contributed by atoms with E-state index in [9.17, 15) is 0 Å². The SMILES string of the molecule is CC.CC.CC1c2ccccc2-c2c1ccc1c(-c3c4ccccc4c(-c4ccc(-c5cccc6ccccc56)cc4)c4ccccc34)cc3c(c21)-c1ccccc1C3(C)C. The van der Waals surface area contributed by atoms with Gasteiger partial charge in [0.05, 0.1) is 0 Å². The molecule has 10 aromatic rings. The molecule has 0 N–H and O–H groups in total. The highest BCUT2D eigenvalue weighted by molar-refractivity contribution is 6.26. The van der Waals surface area contributed by atoms with Gasteiger partial charge in [0.15, 0.2) is 0 Å². The van der Waals surface area contributed by atoms with Crippen molar-refractivity contribution in [2.45, 2.75) is 59.8 Å². The predicted octanol–water partition coefficient (Wildman–Crippen LogP) is 17.8. The molecule has 2 aliphatic rings. The van der Waals surface area contributed by atoms with Gasteiger partial charge in [0.25, 0.3) is 0 Å². The summed E-state index contributed by atoms with van der Waals surface area (Å²) in [6.45, 7) is 15.2. The van der Waals surface area contributed by atoms with E-state index in [4.69, 9.17) is 0 Å². The van der Waals surface area contributed by atoms with Crippen molar-refractivity contribution in [2.24, 2.45) is 0 Å². The van der Waals surface area contributed by atoms with Crippen LogP contribution >= 0.6 is 0 Å². The topological polar surface area (TPSA) is 0 Å². The monoisotopic (exact) mass is 784 g/mol. The highest BCUT2D eigenvalue weighted by Gasteiger charge is 2.39. The van der Waals surface area contributed by atoms with Gasteiger partial charge in [0, 0.05) is 11.3 Å². The van der Waals surface area contributed by atoms with Gasteiger partial charge in [-0.1, -0.05) is 224 Å². The van der Waals surface area contributed by atoms with E-state index in [0.29, 0.717) is 5.92 Å². The number of benzene rings is 10. The molecular weight excluding hydrogens is 733 g/mol. The first-order chi connectivity index (χ1) is 30.0. The van der Waals surface area contributed by atoms with Crippen molar-refractivity contribution in [2.75, 3.05) is 0 Å². The molecule has 0 fully saturated rings. The van der Waals surface area contributed by atoms with E-state index in [1.807, 2.05) is 27.7 Å². The van der Waals surface area contributed by atoms with E-state index in [1.54, 1.807) is 0 Å². The minimum absolute atomic E-state index is 0.154. The third-order valence-electron chi connectivity index (χ3n) is 13.5. The molecule has 0 bridgehead atoms. The summed E-state index contributed by atoms with van der Waals surface area (Å²) in [6.07, 6.45) is 0. The van der Waals surface area contributed by atoms with Crippen LogP contribution < -0.4 is 0 Å².